The minimum atomic E-state index is -0.250. The number of rotatable bonds is 3. The zero-order valence-corrected chi connectivity index (χ0v) is 12.0. The molecule has 0 aliphatic rings. The molecule has 21 heavy (non-hydrogen) atoms. The van der Waals surface area contributed by atoms with E-state index in [1.165, 1.54) is 12.1 Å². The Morgan fingerprint density at radius 3 is 2.43 bits per heavy atom. The quantitative estimate of drug-likeness (QED) is 0.629. The van der Waals surface area contributed by atoms with Crippen LogP contribution in [-0.4, -0.2) is 10.9 Å². The van der Waals surface area contributed by atoms with Crippen molar-refractivity contribution in [3.8, 4) is 11.1 Å². The van der Waals surface area contributed by atoms with Crippen LogP contribution in [0, 0.1) is 5.82 Å². The summed E-state index contributed by atoms with van der Waals surface area (Å²) in [4.78, 5) is 11.0. The van der Waals surface area contributed by atoms with Crippen molar-refractivity contribution in [1.29, 1.82) is 0 Å². The molecule has 0 atom stereocenters. The Morgan fingerprint density at radius 2 is 1.81 bits per heavy atom. The Morgan fingerprint density at radius 1 is 1.10 bits per heavy atom. The molecule has 0 spiro atoms. The van der Waals surface area contributed by atoms with Gasteiger partial charge in [-0.1, -0.05) is 12.1 Å². The molecule has 106 valence electrons. The number of aldehydes is 1. The number of halogens is 1. The van der Waals surface area contributed by atoms with E-state index in [1.54, 1.807) is 12.1 Å². The molecule has 0 N–H and O–H groups in total. The molecule has 0 radical (unpaired) electrons. The van der Waals surface area contributed by atoms with Gasteiger partial charge in [0.2, 0.25) is 0 Å². The van der Waals surface area contributed by atoms with Crippen LogP contribution < -0.4 is 0 Å². The highest BCUT2D eigenvalue weighted by molar-refractivity contribution is 5.98. The van der Waals surface area contributed by atoms with Gasteiger partial charge in [-0.25, -0.2) is 4.39 Å². The van der Waals surface area contributed by atoms with E-state index in [-0.39, 0.29) is 5.82 Å². The van der Waals surface area contributed by atoms with Gasteiger partial charge in [0.25, 0.3) is 0 Å². The van der Waals surface area contributed by atoms with Crippen molar-refractivity contribution in [2.24, 2.45) is 0 Å². The number of fused-ring (bicyclic) bond motifs is 1. The molecule has 0 saturated carbocycles. The molecule has 3 heteroatoms. The molecule has 2 aromatic carbocycles. The van der Waals surface area contributed by atoms with E-state index in [2.05, 4.69) is 24.6 Å². The van der Waals surface area contributed by atoms with Crippen molar-refractivity contribution < 1.29 is 9.18 Å². The number of aromatic nitrogens is 1. The molecule has 3 rings (SSSR count). The summed E-state index contributed by atoms with van der Waals surface area (Å²) in [5.41, 5.74) is 3.69. The third kappa shape index (κ3) is 2.35. The van der Waals surface area contributed by atoms with Crippen molar-refractivity contribution in [1.82, 2.24) is 4.57 Å². The molecule has 3 aromatic rings. The average molecular weight is 281 g/mol. The van der Waals surface area contributed by atoms with Crippen LogP contribution in [-0.2, 0) is 0 Å². The largest absolute Gasteiger partial charge is 0.344 e. The third-order valence-electron chi connectivity index (χ3n) is 3.70. The molecular weight excluding hydrogens is 265 g/mol. The topological polar surface area (TPSA) is 22.0 Å². The number of hydrogen-bond donors (Lipinski definition) is 0. The summed E-state index contributed by atoms with van der Waals surface area (Å²) >= 11 is 0. The summed E-state index contributed by atoms with van der Waals surface area (Å²) in [6, 6.07) is 12.4. The molecule has 1 aromatic heterocycles. The molecule has 0 saturated heterocycles. The molecule has 0 aliphatic heterocycles. The minimum Gasteiger partial charge on any atom is -0.344 e. The van der Waals surface area contributed by atoms with E-state index in [1.807, 2.05) is 18.2 Å². The molecule has 0 fully saturated rings. The Hall–Kier alpha value is -2.42. The van der Waals surface area contributed by atoms with Gasteiger partial charge in [0.05, 0.1) is 0 Å². The lowest BCUT2D eigenvalue weighted by Gasteiger charge is -2.08. The fraction of sp³-hybridized carbons (Fsp3) is 0.167. The van der Waals surface area contributed by atoms with Crippen LogP contribution in [0.15, 0.2) is 48.7 Å². The highest BCUT2D eigenvalue weighted by Crippen LogP contribution is 2.33. The van der Waals surface area contributed by atoms with E-state index in [0.717, 1.165) is 28.3 Å². The molecule has 1 heterocycles. The smallest absolute Gasteiger partial charge is 0.150 e. The fourth-order valence-corrected chi connectivity index (χ4v) is 2.63. The van der Waals surface area contributed by atoms with Crippen LogP contribution in [0.2, 0.25) is 0 Å². The van der Waals surface area contributed by atoms with Crippen molar-refractivity contribution in [3.05, 3.63) is 60.0 Å². The van der Waals surface area contributed by atoms with Gasteiger partial charge < -0.3 is 4.57 Å². The highest BCUT2D eigenvalue weighted by atomic mass is 19.1. The summed E-state index contributed by atoms with van der Waals surface area (Å²) in [5, 5.41) is 1.01. The minimum absolute atomic E-state index is 0.250. The number of hydrogen-bond acceptors (Lipinski definition) is 1. The van der Waals surface area contributed by atoms with Crippen molar-refractivity contribution in [2.45, 2.75) is 19.9 Å². The van der Waals surface area contributed by atoms with Crippen molar-refractivity contribution in [3.63, 3.8) is 0 Å². The van der Waals surface area contributed by atoms with Crippen LogP contribution in [0.1, 0.15) is 30.2 Å². The van der Waals surface area contributed by atoms with Crippen LogP contribution >= 0.6 is 0 Å². The predicted molar refractivity (Wildman–Crippen MR) is 83.1 cm³/mol. The molecule has 0 aliphatic carbocycles. The van der Waals surface area contributed by atoms with Gasteiger partial charge in [0.1, 0.15) is 12.1 Å². The number of nitrogens with zero attached hydrogens (tertiary/aromatic N) is 1. The van der Waals surface area contributed by atoms with Gasteiger partial charge in [-0.15, -0.1) is 0 Å². The zero-order chi connectivity index (χ0) is 15.0. The second-order valence-electron chi connectivity index (χ2n) is 5.45. The molecule has 0 unspecified atom stereocenters. The van der Waals surface area contributed by atoms with Gasteiger partial charge in [0, 0.05) is 34.3 Å². The Bertz CT molecular complexity index is 800. The molecule has 2 nitrogen and oxygen atoms in total. The van der Waals surface area contributed by atoms with Gasteiger partial charge in [-0.3, -0.25) is 4.79 Å². The summed E-state index contributed by atoms with van der Waals surface area (Å²) in [5.74, 6) is -0.250. The molecule has 0 amide bonds. The lowest BCUT2D eigenvalue weighted by molar-refractivity contribution is 0.112. The van der Waals surface area contributed by atoms with Gasteiger partial charge in [-0.2, -0.15) is 0 Å². The first-order valence-electron chi connectivity index (χ1n) is 6.96. The van der Waals surface area contributed by atoms with Gasteiger partial charge in [0.15, 0.2) is 0 Å². The summed E-state index contributed by atoms with van der Waals surface area (Å²) < 4.78 is 15.3. The van der Waals surface area contributed by atoms with E-state index in [9.17, 15) is 9.18 Å². The standard InChI is InChI=1S/C18H16FNO/c1-12(2)20-10-17(14-4-6-15(19)7-5-14)16-9-13(11-21)3-8-18(16)20/h3-12H,1-2H3. The summed E-state index contributed by atoms with van der Waals surface area (Å²) in [7, 11) is 0. The Labute approximate surface area is 122 Å². The summed E-state index contributed by atoms with van der Waals surface area (Å²) in [6.45, 7) is 4.23. The molecule has 0 bridgehead atoms. The van der Waals surface area contributed by atoms with Crippen LogP contribution in [0.5, 0.6) is 0 Å². The average Bonchev–Trinajstić information content (AvgIpc) is 2.87. The lowest BCUT2D eigenvalue weighted by Crippen LogP contribution is -1.97. The van der Waals surface area contributed by atoms with Crippen LogP contribution in [0.4, 0.5) is 4.39 Å². The second kappa shape index (κ2) is 5.17. The van der Waals surface area contributed by atoms with Crippen LogP contribution in [0.25, 0.3) is 22.0 Å². The monoisotopic (exact) mass is 281 g/mol. The first-order chi connectivity index (χ1) is 10.1. The fourth-order valence-electron chi connectivity index (χ4n) is 2.63. The number of carbonyl (C=O) groups is 1. The first kappa shape index (κ1) is 13.6. The van der Waals surface area contributed by atoms with Crippen molar-refractivity contribution >= 4 is 17.2 Å². The normalized spacial score (nSPS) is 11.2. The van der Waals surface area contributed by atoms with E-state index in [0.29, 0.717) is 11.6 Å². The maximum Gasteiger partial charge on any atom is 0.150 e. The van der Waals surface area contributed by atoms with Gasteiger partial charge >= 0.3 is 0 Å². The SMILES string of the molecule is CC(C)n1cc(-c2ccc(F)cc2)c2cc(C=O)ccc21. The Kier molecular flexibility index (Phi) is 3.34. The number of benzene rings is 2. The maximum absolute atomic E-state index is 13.1. The van der Waals surface area contributed by atoms with E-state index in [4.69, 9.17) is 0 Å². The van der Waals surface area contributed by atoms with E-state index >= 15 is 0 Å². The van der Waals surface area contributed by atoms with Crippen LogP contribution in [0.3, 0.4) is 0 Å². The Balaban J connectivity index is 2.30. The number of carbonyl (C=O) groups excluding carboxylic acids is 1. The molecular formula is C18H16FNO. The van der Waals surface area contributed by atoms with Gasteiger partial charge in [-0.05, 0) is 49.7 Å². The third-order valence-corrected chi connectivity index (χ3v) is 3.70. The van der Waals surface area contributed by atoms with Crippen molar-refractivity contribution in [2.75, 3.05) is 0 Å². The predicted octanol–water partition coefficient (Wildman–Crippen LogP) is 4.84. The second-order valence-corrected chi connectivity index (χ2v) is 5.45. The summed E-state index contributed by atoms with van der Waals surface area (Å²) in [6.07, 6.45) is 2.91. The maximum atomic E-state index is 13.1. The zero-order valence-electron chi connectivity index (χ0n) is 12.0. The van der Waals surface area contributed by atoms with E-state index < -0.39 is 0 Å². The first-order valence-corrected chi connectivity index (χ1v) is 6.96. The lowest BCUT2D eigenvalue weighted by atomic mass is 10.0. The highest BCUT2D eigenvalue weighted by Gasteiger charge is 2.12.